The lowest BCUT2D eigenvalue weighted by atomic mass is 10.3. The fraction of sp³-hybridized carbons (Fsp3) is 0. The number of nitrogens with zero attached hydrogens (tertiary/aromatic N) is 16. The lowest BCUT2D eigenvalue weighted by molar-refractivity contribution is -0.112. The van der Waals surface area contributed by atoms with Gasteiger partial charge in [-0.1, -0.05) is 0 Å². The average molecular weight is 592 g/mol. The maximum Gasteiger partial charge on any atom is 0.302 e. The highest BCUT2D eigenvalue weighted by atomic mass is 16.2. The van der Waals surface area contributed by atoms with Crippen molar-refractivity contribution in [3.8, 4) is 0 Å². The number of hydrogen-bond acceptors (Lipinski definition) is 19. The molecule has 0 saturated heterocycles. The third kappa shape index (κ3) is 3.86. The summed E-state index contributed by atoms with van der Waals surface area (Å²) in [7, 11) is 0. The molecule has 0 fully saturated rings. The number of H-pyrrole nitrogens is 2. The number of carbonyl (C=O) groups is 3. The standard InChI is InChI=1S/C20H8N20O4/c41-13-5-9(25-1-21-5)29-17(33-13)37-39(19-31-11-7(15(43)35-19)23-3-27-11)40(20-32-12-8(16(44)36-20)24-4-28-12)38-18-30-10-6(14(42)34-18)22-2-26-10/h1-4H,(H,33,37,41)(H3,22,26,30,34,38,42). The number of fused-ring (bicyclic) bond motifs is 4. The maximum atomic E-state index is 12.9. The van der Waals surface area contributed by atoms with E-state index < -0.39 is 35.2 Å². The molecule has 0 unspecified atom stereocenters. The van der Waals surface area contributed by atoms with E-state index in [1.807, 2.05) is 0 Å². The van der Waals surface area contributed by atoms with E-state index in [4.69, 9.17) is 0 Å². The Bertz CT molecular complexity index is 2210. The highest BCUT2D eigenvalue weighted by Crippen LogP contribution is 2.16. The second-order valence-electron chi connectivity index (χ2n) is 8.51. The number of amides is 3. The molecule has 8 rings (SSSR count). The molecule has 24 heteroatoms. The van der Waals surface area contributed by atoms with Crippen LogP contribution in [0.2, 0.25) is 0 Å². The molecule has 0 atom stereocenters. The van der Waals surface area contributed by atoms with Gasteiger partial charge >= 0.3 is 17.7 Å². The van der Waals surface area contributed by atoms with Gasteiger partial charge in [-0.2, -0.15) is 34.9 Å². The molecule has 212 valence electrons. The summed E-state index contributed by atoms with van der Waals surface area (Å²) < 4.78 is 0. The molecule has 0 spiro atoms. The fourth-order valence-corrected chi connectivity index (χ4v) is 3.99. The van der Waals surface area contributed by atoms with Crippen LogP contribution in [0.25, 0.3) is 11.2 Å². The van der Waals surface area contributed by atoms with Crippen molar-refractivity contribution in [3.63, 3.8) is 0 Å². The van der Waals surface area contributed by atoms with Crippen LogP contribution in [0, 0.1) is 0 Å². The van der Waals surface area contributed by atoms with E-state index in [1.54, 1.807) is 0 Å². The minimum absolute atomic E-state index is 0.0182. The summed E-state index contributed by atoms with van der Waals surface area (Å²) in [6.07, 6.45) is 4.60. The first-order valence-corrected chi connectivity index (χ1v) is 12.0. The van der Waals surface area contributed by atoms with Gasteiger partial charge < -0.3 is 4.98 Å². The smallest absolute Gasteiger partial charge is 0.302 e. The number of aromatic amines is 2. The predicted octanol–water partition coefficient (Wildman–Crippen LogP) is -3.67. The molecule has 6 aliphatic rings. The Morgan fingerprint density at radius 1 is 0.636 bits per heavy atom. The van der Waals surface area contributed by atoms with Crippen molar-refractivity contribution < 1.29 is 14.4 Å². The van der Waals surface area contributed by atoms with Crippen LogP contribution >= 0.6 is 0 Å². The van der Waals surface area contributed by atoms with Crippen LogP contribution < -0.4 is 16.4 Å². The van der Waals surface area contributed by atoms with Gasteiger partial charge in [-0.25, -0.2) is 45.8 Å². The summed E-state index contributed by atoms with van der Waals surface area (Å²) in [5, 5.41) is 1.70. The number of hydrazine groups is 3. The highest BCUT2D eigenvalue weighted by Gasteiger charge is 2.37. The summed E-state index contributed by atoms with van der Waals surface area (Å²) in [5.74, 6) is -4.32. The number of aromatic nitrogens is 4. The second kappa shape index (κ2) is 9.06. The van der Waals surface area contributed by atoms with Crippen molar-refractivity contribution in [1.82, 2.24) is 35.6 Å². The van der Waals surface area contributed by atoms with E-state index in [0.717, 1.165) is 29.3 Å². The summed E-state index contributed by atoms with van der Waals surface area (Å²) >= 11 is 0. The zero-order valence-corrected chi connectivity index (χ0v) is 21.1. The summed E-state index contributed by atoms with van der Waals surface area (Å²) in [5.41, 5.74) is 4.47. The molecule has 6 aliphatic heterocycles. The maximum absolute atomic E-state index is 12.9. The Kier molecular flexibility index (Phi) is 5.02. The molecule has 2 aromatic heterocycles. The number of amidine groups is 3. The van der Waals surface area contributed by atoms with Gasteiger partial charge in [0.25, 0.3) is 17.5 Å². The van der Waals surface area contributed by atoms with E-state index >= 15 is 0 Å². The number of imidazole rings is 1. The molecule has 44 heavy (non-hydrogen) atoms. The Balaban J connectivity index is 1.28. The van der Waals surface area contributed by atoms with E-state index in [9.17, 15) is 19.2 Å². The normalized spacial score (nSPS) is 19.2. The topological polar surface area (TPSA) is 305 Å². The Labute approximate surface area is 238 Å². The number of carbonyl (C=O) groups excluding carboxylic acids is 3. The molecule has 0 bridgehead atoms. The van der Waals surface area contributed by atoms with Crippen molar-refractivity contribution in [3.05, 3.63) is 16.7 Å². The summed E-state index contributed by atoms with van der Waals surface area (Å²) in [4.78, 5) is 112. The number of guanidine groups is 3. The summed E-state index contributed by atoms with van der Waals surface area (Å²) in [6, 6.07) is 0. The van der Waals surface area contributed by atoms with Crippen LogP contribution in [0.15, 0.2) is 71.0 Å². The van der Waals surface area contributed by atoms with Gasteiger partial charge in [0.2, 0.25) is 11.9 Å². The zero-order valence-electron chi connectivity index (χ0n) is 21.1. The second-order valence-corrected chi connectivity index (χ2v) is 8.51. The third-order valence-corrected chi connectivity index (χ3v) is 5.87. The molecule has 0 aliphatic carbocycles. The Morgan fingerprint density at radius 3 is 1.80 bits per heavy atom. The fourth-order valence-electron chi connectivity index (χ4n) is 3.99. The lowest BCUT2D eigenvalue weighted by Crippen LogP contribution is -2.61. The summed E-state index contributed by atoms with van der Waals surface area (Å²) in [6.45, 7) is 0. The minimum atomic E-state index is -0.843. The van der Waals surface area contributed by atoms with Crippen LogP contribution in [0.3, 0.4) is 0 Å². The van der Waals surface area contributed by atoms with E-state index in [-0.39, 0.29) is 57.7 Å². The monoisotopic (exact) mass is 592 g/mol. The molecule has 3 amide bonds. The third-order valence-electron chi connectivity index (χ3n) is 5.87. The number of anilines is 1. The van der Waals surface area contributed by atoms with Crippen LogP contribution in [0.5, 0.6) is 0 Å². The molecule has 24 nitrogen and oxygen atoms in total. The lowest BCUT2D eigenvalue weighted by Gasteiger charge is -2.35. The highest BCUT2D eigenvalue weighted by molar-refractivity contribution is 6.72. The van der Waals surface area contributed by atoms with Crippen LogP contribution in [-0.4, -0.2) is 119 Å². The van der Waals surface area contributed by atoms with E-state index in [2.05, 4.69) is 90.7 Å². The van der Waals surface area contributed by atoms with Crippen LogP contribution in [0.4, 0.5) is 5.95 Å². The molecule has 0 radical (unpaired) electrons. The number of aliphatic imine (C=N–C) groups is 12. The minimum Gasteiger partial charge on any atom is -0.339 e. The first-order valence-electron chi connectivity index (χ1n) is 12.0. The first kappa shape index (κ1) is 24.4. The molecule has 0 saturated carbocycles. The van der Waals surface area contributed by atoms with Gasteiger partial charge in [0.05, 0.1) is 6.33 Å². The van der Waals surface area contributed by atoms with Gasteiger partial charge in [-0.3, -0.25) is 24.2 Å². The average Bonchev–Trinajstić information content (AvgIpc) is 3.81. The Morgan fingerprint density at radius 2 is 1.18 bits per heavy atom. The number of hydrogen-bond donors (Lipinski definition) is 4. The van der Waals surface area contributed by atoms with Crippen LogP contribution in [0.1, 0.15) is 0 Å². The quantitative estimate of drug-likeness (QED) is 0.248. The molecule has 2 aromatic rings. The SMILES string of the molecule is O=C1N=C(NN(C2=NC(=O)C3=NC=NC3=N2)N(Nc2nc3nc[nH]c3c(=O)[nH]2)C2=NC(=O)C3=NC=NC3=N2)N=C2N=CN=C12. The van der Waals surface area contributed by atoms with Crippen molar-refractivity contribution in [2.45, 2.75) is 0 Å². The molecular weight excluding hydrogens is 584 g/mol. The molecule has 8 heterocycles. The van der Waals surface area contributed by atoms with Crippen molar-refractivity contribution in [2.24, 2.45) is 59.9 Å². The predicted molar refractivity (Wildman–Crippen MR) is 152 cm³/mol. The van der Waals surface area contributed by atoms with Crippen molar-refractivity contribution in [2.75, 3.05) is 5.43 Å². The van der Waals surface area contributed by atoms with Gasteiger partial charge in [-0.05, 0) is 0 Å². The van der Waals surface area contributed by atoms with Gasteiger partial charge in [0, 0.05) is 0 Å². The zero-order chi connectivity index (χ0) is 29.9. The van der Waals surface area contributed by atoms with Crippen molar-refractivity contribution in [1.29, 1.82) is 0 Å². The Hall–Kier alpha value is -7.40. The first-order chi connectivity index (χ1) is 21.4. The van der Waals surface area contributed by atoms with Gasteiger partial charge in [0.1, 0.15) is 19.0 Å². The molecular formula is C20H8N20O4. The van der Waals surface area contributed by atoms with Gasteiger partial charge in [0.15, 0.2) is 45.8 Å². The van der Waals surface area contributed by atoms with Crippen LogP contribution in [-0.2, 0) is 14.4 Å². The van der Waals surface area contributed by atoms with Crippen molar-refractivity contribution >= 4 is 106 Å². The molecule has 0 aromatic carbocycles. The number of rotatable bonds is 2. The van der Waals surface area contributed by atoms with E-state index in [0.29, 0.717) is 0 Å². The largest absolute Gasteiger partial charge is 0.339 e. The van der Waals surface area contributed by atoms with Gasteiger partial charge in [-0.15, -0.1) is 10.2 Å². The van der Waals surface area contributed by atoms with E-state index in [1.165, 1.54) is 6.33 Å². The molecule has 4 N–H and O–H groups in total. The number of nitrogens with one attached hydrogen (secondary N) is 4.